The zero-order valence-electron chi connectivity index (χ0n) is 17.6. The molecule has 1 aromatic heterocycles. The van der Waals surface area contributed by atoms with Crippen molar-refractivity contribution in [3.63, 3.8) is 0 Å². The van der Waals surface area contributed by atoms with Crippen molar-refractivity contribution >= 4 is 23.2 Å². The van der Waals surface area contributed by atoms with Gasteiger partial charge in [-0.15, -0.1) is 0 Å². The number of aromatic nitrogens is 1. The van der Waals surface area contributed by atoms with Gasteiger partial charge in [-0.1, -0.05) is 0 Å². The van der Waals surface area contributed by atoms with Crippen LogP contribution >= 0.6 is 7.26 Å². The van der Waals surface area contributed by atoms with E-state index in [2.05, 4.69) is 109 Å². The van der Waals surface area contributed by atoms with E-state index in [-0.39, 0.29) is 5.56 Å². The third-order valence-electron chi connectivity index (χ3n) is 6.06. The van der Waals surface area contributed by atoms with Gasteiger partial charge in [0.25, 0.3) is 0 Å². The molecule has 1 N–H and O–H groups in total. The molecule has 0 aliphatic rings. The van der Waals surface area contributed by atoms with E-state index >= 15 is 0 Å². The van der Waals surface area contributed by atoms with Crippen molar-refractivity contribution in [3.8, 4) is 0 Å². The van der Waals surface area contributed by atoms with Crippen LogP contribution in [0.3, 0.4) is 0 Å². The number of hydrogen-bond acceptors (Lipinski definition) is 1. The van der Waals surface area contributed by atoms with Crippen molar-refractivity contribution in [2.24, 2.45) is 0 Å². The molecular formula is C27H28NOP. The predicted molar refractivity (Wildman–Crippen MR) is 131 cm³/mol. The van der Waals surface area contributed by atoms with E-state index in [4.69, 9.17) is 0 Å². The molecule has 0 radical (unpaired) electrons. The number of hydrogen-bond donors (Lipinski definition) is 1. The number of pyridine rings is 1. The van der Waals surface area contributed by atoms with Crippen LogP contribution in [-0.2, 0) is 12.6 Å². The molecule has 152 valence electrons. The Labute approximate surface area is 179 Å². The minimum atomic E-state index is -2.47. The average molecular weight is 414 g/mol. The fraction of sp³-hybridized carbons (Fsp3) is 0.148. The van der Waals surface area contributed by atoms with Gasteiger partial charge in [-0.05, 0) is 0 Å². The first-order valence-electron chi connectivity index (χ1n) is 10.5. The van der Waals surface area contributed by atoms with Gasteiger partial charge < -0.3 is 0 Å². The summed E-state index contributed by atoms with van der Waals surface area (Å²) in [5, 5.41) is 3.96. The Morgan fingerprint density at radius 1 is 0.700 bits per heavy atom. The zero-order valence-corrected chi connectivity index (χ0v) is 18.6. The van der Waals surface area contributed by atoms with Gasteiger partial charge in [0.05, 0.1) is 0 Å². The van der Waals surface area contributed by atoms with E-state index in [0.717, 1.165) is 23.8 Å². The standard InChI is InChI=1S/C27H28NOP/c1-3-22-19-23(27(29)28-21(22)2)20-30(24-13-7-4-8-14-24,25-15-9-5-10-16-25)26-17-11-6-12-18-26/h4-19,30H,3,20H2,1-2H3,(H,28,29). The Bertz CT molecular complexity index is 1070. The maximum atomic E-state index is 13.0. The zero-order chi connectivity index (χ0) is 21.0. The molecule has 0 spiro atoms. The summed E-state index contributed by atoms with van der Waals surface area (Å²) in [5.74, 6) is 0. The summed E-state index contributed by atoms with van der Waals surface area (Å²) in [5.41, 5.74) is 3.09. The van der Waals surface area contributed by atoms with Crippen LogP contribution in [0.25, 0.3) is 0 Å². The summed E-state index contributed by atoms with van der Waals surface area (Å²) >= 11 is 0. The maximum absolute atomic E-state index is 13.0. The van der Waals surface area contributed by atoms with Crippen LogP contribution in [0.1, 0.15) is 23.7 Å². The number of nitrogens with one attached hydrogen (secondary N) is 1. The second-order valence-corrected chi connectivity index (χ2v) is 11.7. The van der Waals surface area contributed by atoms with Crippen LogP contribution < -0.4 is 21.5 Å². The van der Waals surface area contributed by atoms with Crippen LogP contribution in [-0.4, -0.2) is 4.98 Å². The topological polar surface area (TPSA) is 32.9 Å². The Morgan fingerprint density at radius 3 is 1.53 bits per heavy atom. The summed E-state index contributed by atoms with van der Waals surface area (Å²) in [6.07, 6.45) is 1.64. The fourth-order valence-electron chi connectivity index (χ4n) is 4.47. The van der Waals surface area contributed by atoms with Crippen LogP contribution in [0, 0.1) is 6.92 Å². The first-order valence-corrected chi connectivity index (χ1v) is 12.7. The molecule has 0 fully saturated rings. The Hall–Kier alpha value is -2.96. The SMILES string of the molecule is CCc1cc(C[PH](c2ccccc2)(c2ccccc2)c2ccccc2)c(=O)[nH]c1C. The summed E-state index contributed by atoms with van der Waals surface area (Å²) < 4.78 is 0. The van der Waals surface area contributed by atoms with Gasteiger partial charge in [-0.2, -0.15) is 0 Å². The quantitative estimate of drug-likeness (QED) is 0.465. The van der Waals surface area contributed by atoms with Crippen molar-refractivity contribution in [2.45, 2.75) is 26.4 Å². The number of aryl methyl sites for hydroxylation is 2. The number of benzene rings is 3. The van der Waals surface area contributed by atoms with Gasteiger partial charge in [0, 0.05) is 0 Å². The molecule has 0 aliphatic carbocycles. The van der Waals surface area contributed by atoms with E-state index in [1.165, 1.54) is 21.5 Å². The summed E-state index contributed by atoms with van der Waals surface area (Å²) in [7, 11) is -2.47. The van der Waals surface area contributed by atoms with Crippen LogP contribution in [0.5, 0.6) is 0 Å². The second-order valence-electron chi connectivity index (χ2n) is 7.81. The molecule has 0 unspecified atom stereocenters. The van der Waals surface area contributed by atoms with Crippen molar-refractivity contribution < 1.29 is 0 Å². The van der Waals surface area contributed by atoms with E-state index in [0.29, 0.717) is 0 Å². The van der Waals surface area contributed by atoms with E-state index in [1.807, 2.05) is 6.92 Å². The average Bonchev–Trinajstić information content (AvgIpc) is 2.80. The predicted octanol–water partition coefficient (Wildman–Crippen LogP) is 4.47. The molecule has 30 heavy (non-hydrogen) atoms. The van der Waals surface area contributed by atoms with Crippen LogP contribution in [0.2, 0.25) is 0 Å². The Balaban J connectivity index is 2.02. The molecule has 3 aromatic carbocycles. The molecule has 0 amide bonds. The van der Waals surface area contributed by atoms with Gasteiger partial charge >= 0.3 is 179 Å². The van der Waals surface area contributed by atoms with E-state index in [9.17, 15) is 4.79 Å². The number of H-pyrrole nitrogens is 1. The first kappa shape index (κ1) is 20.3. The molecule has 0 saturated heterocycles. The van der Waals surface area contributed by atoms with Gasteiger partial charge in [-0.25, -0.2) is 0 Å². The van der Waals surface area contributed by atoms with Gasteiger partial charge in [-0.3, -0.25) is 0 Å². The number of rotatable bonds is 6. The van der Waals surface area contributed by atoms with Crippen molar-refractivity contribution in [1.82, 2.24) is 4.98 Å². The van der Waals surface area contributed by atoms with Crippen molar-refractivity contribution in [2.75, 3.05) is 0 Å². The molecule has 0 bridgehead atoms. The number of aromatic amines is 1. The summed E-state index contributed by atoms with van der Waals surface area (Å²) in [6.45, 7) is 4.13. The second kappa shape index (κ2) is 8.81. The Kier molecular flexibility index (Phi) is 5.97. The summed E-state index contributed by atoms with van der Waals surface area (Å²) in [4.78, 5) is 16.1. The molecule has 0 atom stereocenters. The molecule has 0 aliphatic heterocycles. The molecule has 3 heteroatoms. The molecule has 1 heterocycles. The van der Waals surface area contributed by atoms with Gasteiger partial charge in [0.1, 0.15) is 0 Å². The first-order chi connectivity index (χ1) is 14.6. The van der Waals surface area contributed by atoms with Gasteiger partial charge in [0.2, 0.25) is 0 Å². The molecular weight excluding hydrogens is 385 g/mol. The summed E-state index contributed by atoms with van der Waals surface area (Å²) in [6, 6.07) is 34.4. The normalized spacial score (nSPS) is 11.9. The van der Waals surface area contributed by atoms with E-state index < -0.39 is 7.26 Å². The minimum absolute atomic E-state index is 0.0318. The monoisotopic (exact) mass is 413 g/mol. The van der Waals surface area contributed by atoms with Crippen molar-refractivity contribution in [1.29, 1.82) is 0 Å². The third-order valence-corrected chi connectivity index (χ3v) is 10.9. The van der Waals surface area contributed by atoms with E-state index in [1.54, 1.807) is 0 Å². The Morgan fingerprint density at radius 2 is 1.13 bits per heavy atom. The molecule has 4 aromatic rings. The third kappa shape index (κ3) is 3.76. The molecule has 2 nitrogen and oxygen atoms in total. The van der Waals surface area contributed by atoms with Crippen molar-refractivity contribution in [3.05, 3.63) is 124 Å². The van der Waals surface area contributed by atoms with Crippen LogP contribution in [0.15, 0.2) is 102 Å². The molecule has 0 saturated carbocycles. The van der Waals surface area contributed by atoms with Crippen LogP contribution in [0.4, 0.5) is 0 Å². The fourth-order valence-corrected chi connectivity index (χ4v) is 9.20. The molecule has 4 rings (SSSR count). The van der Waals surface area contributed by atoms with Gasteiger partial charge in [0.15, 0.2) is 0 Å².